The zero-order chi connectivity index (χ0) is 21.2. The molecule has 1 unspecified atom stereocenters. The molecule has 152 valence electrons. The Hall–Kier alpha value is -2.99. The fourth-order valence-corrected chi connectivity index (χ4v) is 3.28. The number of carbonyl (C=O) groups is 1. The minimum absolute atomic E-state index is 0.293. The number of hydrogen-bond acceptors (Lipinski definition) is 4. The van der Waals surface area contributed by atoms with Gasteiger partial charge in [-0.3, -0.25) is 0 Å². The molecule has 1 aromatic heterocycles. The molecule has 1 amide bonds. The predicted octanol–water partition coefficient (Wildman–Crippen LogP) is 5.12. The fraction of sp³-hybridized carbons (Fsp3) is 0.304. The average Bonchev–Trinajstić information content (AvgIpc) is 2.65. The van der Waals surface area contributed by atoms with Crippen molar-refractivity contribution in [1.82, 2.24) is 10.3 Å². The Kier molecular flexibility index (Phi) is 5.84. The Morgan fingerprint density at radius 3 is 2.52 bits per heavy atom. The van der Waals surface area contributed by atoms with Crippen molar-refractivity contribution >= 4 is 17.0 Å². The highest BCUT2D eigenvalue weighted by Crippen LogP contribution is 2.35. The number of amides is 1. The summed E-state index contributed by atoms with van der Waals surface area (Å²) in [7, 11) is 0. The molecule has 5 nitrogen and oxygen atoms in total. The van der Waals surface area contributed by atoms with E-state index in [2.05, 4.69) is 5.32 Å². The van der Waals surface area contributed by atoms with Crippen LogP contribution in [0.15, 0.2) is 48.5 Å². The lowest BCUT2D eigenvalue weighted by Crippen LogP contribution is -2.34. The minimum atomic E-state index is -0.628. The molecule has 0 radical (unpaired) electrons. The number of hydrogen-bond donors (Lipinski definition) is 2. The maximum Gasteiger partial charge on any atom is 0.408 e. The molecular formula is C23H25FN2O3. The first-order valence-corrected chi connectivity index (χ1v) is 9.47. The van der Waals surface area contributed by atoms with Crippen molar-refractivity contribution in [3.8, 4) is 11.1 Å². The normalized spacial score (nSPS) is 12.6. The van der Waals surface area contributed by atoms with Crippen molar-refractivity contribution in [3.63, 3.8) is 0 Å². The van der Waals surface area contributed by atoms with E-state index in [1.54, 1.807) is 33.8 Å². The van der Waals surface area contributed by atoms with Gasteiger partial charge < -0.3 is 15.2 Å². The van der Waals surface area contributed by atoms with E-state index in [9.17, 15) is 14.3 Å². The van der Waals surface area contributed by atoms with Crippen LogP contribution >= 0.6 is 0 Å². The number of fused-ring (bicyclic) bond motifs is 1. The van der Waals surface area contributed by atoms with Crippen LogP contribution in [-0.2, 0) is 11.3 Å². The number of rotatable bonds is 4. The maximum atomic E-state index is 13.9. The fourth-order valence-electron chi connectivity index (χ4n) is 3.28. The van der Waals surface area contributed by atoms with Crippen LogP contribution in [0.4, 0.5) is 9.18 Å². The number of nitrogens with one attached hydrogen (secondary N) is 1. The van der Waals surface area contributed by atoms with E-state index in [1.807, 2.05) is 30.3 Å². The van der Waals surface area contributed by atoms with Crippen LogP contribution in [-0.4, -0.2) is 21.8 Å². The van der Waals surface area contributed by atoms with Gasteiger partial charge >= 0.3 is 6.09 Å². The topological polar surface area (TPSA) is 71.5 Å². The average molecular weight is 396 g/mol. The second-order valence-corrected chi connectivity index (χ2v) is 7.90. The highest BCUT2D eigenvalue weighted by atomic mass is 19.1. The third kappa shape index (κ3) is 4.71. The zero-order valence-electron chi connectivity index (χ0n) is 17.0. The SMILES string of the molecule is CC(NC(=O)OC(C)(C)C)c1nc2ccc(F)cc2c(CO)c1-c1ccccc1. The smallest absolute Gasteiger partial charge is 0.408 e. The van der Waals surface area contributed by atoms with Gasteiger partial charge in [0.15, 0.2) is 0 Å². The second-order valence-electron chi connectivity index (χ2n) is 7.90. The molecule has 0 saturated heterocycles. The lowest BCUT2D eigenvalue weighted by atomic mass is 9.92. The number of pyridine rings is 1. The van der Waals surface area contributed by atoms with Gasteiger partial charge in [-0.2, -0.15) is 0 Å². The largest absolute Gasteiger partial charge is 0.444 e. The number of nitrogens with zero attached hydrogens (tertiary/aromatic N) is 1. The van der Waals surface area contributed by atoms with Crippen molar-refractivity contribution < 1.29 is 19.0 Å². The van der Waals surface area contributed by atoms with Crippen molar-refractivity contribution in [2.45, 2.75) is 45.9 Å². The summed E-state index contributed by atoms with van der Waals surface area (Å²) in [5, 5.41) is 13.5. The molecule has 0 bridgehead atoms. The number of aliphatic hydroxyl groups excluding tert-OH is 1. The van der Waals surface area contributed by atoms with Gasteiger partial charge in [-0.15, -0.1) is 0 Å². The van der Waals surface area contributed by atoms with Crippen molar-refractivity contribution in [1.29, 1.82) is 0 Å². The first kappa shape index (κ1) is 20.7. The minimum Gasteiger partial charge on any atom is -0.444 e. The first-order chi connectivity index (χ1) is 13.7. The summed E-state index contributed by atoms with van der Waals surface area (Å²) in [4.78, 5) is 17.0. The number of aliphatic hydroxyl groups is 1. The number of aromatic nitrogens is 1. The molecule has 0 aliphatic heterocycles. The molecule has 0 fully saturated rings. The Balaban J connectivity index is 2.17. The Morgan fingerprint density at radius 1 is 1.21 bits per heavy atom. The third-order valence-electron chi connectivity index (χ3n) is 4.45. The highest BCUT2D eigenvalue weighted by molar-refractivity contribution is 5.90. The number of alkyl carbamates (subject to hydrolysis) is 1. The molecule has 29 heavy (non-hydrogen) atoms. The third-order valence-corrected chi connectivity index (χ3v) is 4.45. The van der Waals surface area contributed by atoms with Gasteiger partial charge in [-0.1, -0.05) is 30.3 Å². The molecule has 2 N–H and O–H groups in total. The van der Waals surface area contributed by atoms with Crippen LogP contribution in [0.3, 0.4) is 0 Å². The van der Waals surface area contributed by atoms with E-state index >= 15 is 0 Å². The van der Waals surface area contributed by atoms with Gasteiger partial charge in [0, 0.05) is 10.9 Å². The Labute approximate surface area is 169 Å². The van der Waals surface area contributed by atoms with Gasteiger partial charge in [0.25, 0.3) is 0 Å². The summed E-state index contributed by atoms with van der Waals surface area (Å²) in [5.41, 5.74) is 2.55. The van der Waals surface area contributed by atoms with Crippen LogP contribution in [0.25, 0.3) is 22.0 Å². The maximum absolute atomic E-state index is 13.9. The van der Waals surface area contributed by atoms with E-state index in [-0.39, 0.29) is 6.61 Å². The summed E-state index contributed by atoms with van der Waals surface area (Å²) < 4.78 is 19.3. The van der Waals surface area contributed by atoms with E-state index in [1.165, 1.54) is 12.1 Å². The zero-order valence-corrected chi connectivity index (χ0v) is 17.0. The summed E-state index contributed by atoms with van der Waals surface area (Å²) in [6.07, 6.45) is -0.560. The lowest BCUT2D eigenvalue weighted by Gasteiger charge is -2.24. The molecule has 2 aromatic carbocycles. The molecule has 0 spiro atoms. The quantitative estimate of drug-likeness (QED) is 0.642. The van der Waals surface area contributed by atoms with Crippen LogP contribution in [0.1, 0.15) is 45.0 Å². The van der Waals surface area contributed by atoms with Gasteiger partial charge in [-0.05, 0) is 57.0 Å². The second kappa shape index (κ2) is 8.17. The molecule has 3 aromatic rings. The van der Waals surface area contributed by atoms with Crippen molar-refractivity contribution in [2.24, 2.45) is 0 Å². The Bertz CT molecular complexity index is 1030. The number of halogens is 1. The van der Waals surface area contributed by atoms with Gasteiger partial charge in [0.1, 0.15) is 11.4 Å². The highest BCUT2D eigenvalue weighted by Gasteiger charge is 2.24. The monoisotopic (exact) mass is 396 g/mol. The van der Waals surface area contributed by atoms with E-state index in [0.717, 1.165) is 5.56 Å². The summed E-state index contributed by atoms with van der Waals surface area (Å²) in [6, 6.07) is 13.2. The lowest BCUT2D eigenvalue weighted by molar-refractivity contribution is 0.0507. The molecular weight excluding hydrogens is 371 g/mol. The molecule has 3 rings (SSSR count). The standard InChI is InChI=1S/C23H25FN2O3/c1-14(25-22(28)29-23(2,3)4)21-20(15-8-6-5-7-9-15)18(13-27)17-12-16(24)10-11-19(17)26-21/h5-12,14,27H,13H2,1-4H3,(H,25,28). The van der Waals surface area contributed by atoms with E-state index in [0.29, 0.717) is 27.7 Å². The summed E-state index contributed by atoms with van der Waals surface area (Å²) in [6.45, 7) is 6.88. The van der Waals surface area contributed by atoms with Crippen LogP contribution < -0.4 is 5.32 Å². The summed E-state index contributed by atoms with van der Waals surface area (Å²) >= 11 is 0. The van der Waals surface area contributed by atoms with Crippen LogP contribution in [0.5, 0.6) is 0 Å². The van der Waals surface area contributed by atoms with E-state index in [4.69, 9.17) is 9.72 Å². The van der Waals surface area contributed by atoms with Gasteiger partial charge in [0.05, 0.1) is 23.9 Å². The predicted molar refractivity (Wildman–Crippen MR) is 111 cm³/mol. The number of ether oxygens (including phenoxy) is 1. The van der Waals surface area contributed by atoms with Gasteiger partial charge in [0.2, 0.25) is 0 Å². The molecule has 0 saturated carbocycles. The van der Waals surface area contributed by atoms with Crippen molar-refractivity contribution in [2.75, 3.05) is 0 Å². The van der Waals surface area contributed by atoms with E-state index < -0.39 is 23.6 Å². The summed E-state index contributed by atoms with van der Waals surface area (Å²) in [5.74, 6) is -0.402. The molecule has 1 heterocycles. The molecule has 0 aliphatic carbocycles. The number of benzene rings is 2. The van der Waals surface area contributed by atoms with Crippen LogP contribution in [0.2, 0.25) is 0 Å². The molecule has 1 atom stereocenters. The first-order valence-electron chi connectivity index (χ1n) is 9.47. The Morgan fingerprint density at radius 2 is 1.90 bits per heavy atom. The molecule has 0 aliphatic rings. The number of carbonyl (C=O) groups excluding carboxylic acids is 1. The van der Waals surface area contributed by atoms with Crippen LogP contribution in [0, 0.1) is 5.82 Å². The van der Waals surface area contributed by atoms with Crippen molar-refractivity contribution in [3.05, 3.63) is 65.6 Å². The molecule has 6 heteroatoms. The van der Waals surface area contributed by atoms with Gasteiger partial charge in [-0.25, -0.2) is 14.2 Å².